The average molecular weight is 452 g/mol. The number of carbonyl (C=O) groups excluding carboxylic acids is 1. The summed E-state index contributed by atoms with van der Waals surface area (Å²) in [7, 11) is 5.74. The van der Waals surface area contributed by atoms with Crippen LogP contribution in [-0.2, 0) is 9.53 Å². The summed E-state index contributed by atoms with van der Waals surface area (Å²) in [6.07, 6.45) is 2.64. The van der Waals surface area contributed by atoms with Crippen molar-refractivity contribution >= 4 is 35.9 Å². The van der Waals surface area contributed by atoms with E-state index >= 15 is 0 Å². The van der Waals surface area contributed by atoms with Gasteiger partial charge in [0.15, 0.2) is 5.96 Å². The first kappa shape index (κ1) is 21.5. The van der Waals surface area contributed by atoms with Crippen molar-refractivity contribution in [2.45, 2.75) is 32.7 Å². The quantitative estimate of drug-likeness (QED) is 0.288. The summed E-state index contributed by atoms with van der Waals surface area (Å²) in [6, 6.07) is 0.514. The molecule has 1 saturated heterocycles. The zero-order valence-electron chi connectivity index (χ0n) is 15.6. The molecule has 2 fully saturated rings. The number of nitrogens with zero attached hydrogens (tertiary/aromatic N) is 3. The number of likely N-dealkylation sites (N-methyl/N-ethyl adjacent to an activating group) is 1. The number of halogens is 1. The number of rotatable bonds is 6. The molecule has 24 heavy (non-hydrogen) atoms. The number of nitrogens with one attached hydrogen (secondary N) is 1. The molecule has 0 aromatic carbocycles. The van der Waals surface area contributed by atoms with E-state index in [9.17, 15) is 4.79 Å². The van der Waals surface area contributed by atoms with Gasteiger partial charge in [-0.05, 0) is 45.7 Å². The summed E-state index contributed by atoms with van der Waals surface area (Å²) in [4.78, 5) is 21.2. The molecular weight excluding hydrogens is 419 g/mol. The van der Waals surface area contributed by atoms with Crippen molar-refractivity contribution in [2.75, 3.05) is 47.4 Å². The Morgan fingerprint density at radius 1 is 1.38 bits per heavy atom. The third-order valence-electron chi connectivity index (χ3n) is 5.01. The molecule has 0 aromatic rings. The van der Waals surface area contributed by atoms with E-state index in [4.69, 9.17) is 9.73 Å². The molecule has 1 aliphatic carbocycles. The summed E-state index contributed by atoms with van der Waals surface area (Å²) < 4.78 is 4.93. The van der Waals surface area contributed by atoms with E-state index in [1.807, 2.05) is 0 Å². The van der Waals surface area contributed by atoms with Gasteiger partial charge in [-0.3, -0.25) is 9.79 Å². The number of likely N-dealkylation sites (tertiary alicyclic amines) is 1. The van der Waals surface area contributed by atoms with Gasteiger partial charge in [0.1, 0.15) is 0 Å². The molecule has 1 heterocycles. The Kier molecular flexibility index (Phi) is 8.76. The van der Waals surface area contributed by atoms with Crippen LogP contribution in [0.15, 0.2) is 4.99 Å². The molecule has 140 valence electrons. The Bertz CT molecular complexity index is 438. The lowest BCUT2D eigenvalue weighted by Gasteiger charge is -2.25. The molecule has 6 nitrogen and oxygen atoms in total. The number of ether oxygens (including phenoxy) is 1. The lowest BCUT2D eigenvalue weighted by Crippen LogP contribution is -2.42. The number of hydrogen-bond donors (Lipinski definition) is 1. The van der Waals surface area contributed by atoms with Crippen molar-refractivity contribution in [1.82, 2.24) is 15.1 Å². The van der Waals surface area contributed by atoms with Crippen molar-refractivity contribution in [1.29, 1.82) is 0 Å². The number of guanidine groups is 1. The van der Waals surface area contributed by atoms with Crippen LogP contribution in [0.1, 0.15) is 26.7 Å². The maximum absolute atomic E-state index is 11.9. The first-order chi connectivity index (χ1) is 11.0. The second-order valence-corrected chi connectivity index (χ2v) is 7.07. The van der Waals surface area contributed by atoms with Crippen molar-refractivity contribution in [2.24, 2.45) is 22.7 Å². The molecule has 0 amide bonds. The van der Waals surface area contributed by atoms with Crippen LogP contribution in [0.3, 0.4) is 0 Å². The van der Waals surface area contributed by atoms with E-state index in [0.717, 1.165) is 31.5 Å². The topological polar surface area (TPSA) is 57.2 Å². The minimum atomic E-state index is -0.111. The van der Waals surface area contributed by atoms with Gasteiger partial charge < -0.3 is 19.9 Å². The highest BCUT2D eigenvalue weighted by Crippen LogP contribution is 2.34. The van der Waals surface area contributed by atoms with Gasteiger partial charge in [0.2, 0.25) is 0 Å². The number of methoxy groups -OCH3 is 1. The van der Waals surface area contributed by atoms with E-state index in [1.165, 1.54) is 20.0 Å². The van der Waals surface area contributed by atoms with Crippen LogP contribution in [0.2, 0.25) is 0 Å². The normalized spacial score (nSPS) is 25.4. The Morgan fingerprint density at radius 2 is 2.04 bits per heavy atom. The molecule has 1 saturated carbocycles. The summed E-state index contributed by atoms with van der Waals surface area (Å²) in [6.45, 7) is 7.38. The monoisotopic (exact) mass is 452 g/mol. The Hall–Kier alpha value is -0.570. The van der Waals surface area contributed by atoms with E-state index in [1.54, 1.807) is 0 Å². The number of carbonyl (C=O) groups is 1. The zero-order valence-corrected chi connectivity index (χ0v) is 17.9. The third-order valence-corrected chi connectivity index (χ3v) is 5.01. The highest BCUT2D eigenvalue weighted by Gasteiger charge is 2.37. The Morgan fingerprint density at radius 3 is 2.54 bits per heavy atom. The second-order valence-electron chi connectivity index (χ2n) is 7.07. The van der Waals surface area contributed by atoms with Gasteiger partial charge in [-0.15, -0.1) is 24.0 Å². The molecule has 0 spiro atoms. The smallest absolute Gasteiger partial charge is 0.310 e. The van der Waals surface area contributed by atoms with Crippen molar-refractivity contribution in [3.8, 4) is 0 Å². The summed E-state index contributed by atoms with van der Waals surface area (Å²) in [5.41, 5.74) is 0. The number of esters is 1. The van der Waals surface area contributed by atoms with Gasteiger partial charge in [0.25, 0.3) is 0 Å². The number of hydrogen-bond acceptors (Lipinski definition) is 4. The van der Waals surface area contributed by atoms with Crippen molar-refractivity contribution in [3.05, 3.63) is 0 Å². The Balaban J connectivity index is 0.00000288. The van der Waals surface area contributed by atoms with Crippen LogP contribution in [0.4, 0.5) is 0 Å². The third kappa shape index (κ3) is 5.47. The largest absolute Gasteiger partial charge is 0.469 e. The fourth-order valence-electron chi connectivity index (χ4n) is 3.42. The molecule has 2 rings (SSSR count). The molecule has 0 radical (unpaired) electrons. The van der Waals surface area contributed by atoms with Gasteiger partial charge in [-0.1, -0.05) is 6.92 Å². The maximum Gasteiger partial charge on any atom is 0.310 e. The Labute approximate surface area is 163 Å². The van der Waals surface area contributed by atoms with Crippen LogP contribution < -0.4 is 5.32 Å². The number of aliphatic imine (C=N–C) groups is 1. The molecule has 3 atom stereocenters. The highest BCUT2D eigenvalue weighted by atomic mass is 127. The lowest BCUT2D eigenvalue weighted by molar-refractivity contribution is -0.145. The molecule has 2 aliphatic rings. The summed E-state index contributed by atoms with van der Waals surface area (Å²) >= 11 is 0. The zero-order chi connectivity index (χ0) is 17.0. The standard InChI is InChI=1S/C17H32N4O2.HI/c1-6-18-17(19-9-15(20(3)4)13-7-8-13)21-10-12(2)14(11-21)16(22)23-5;/h12-15H,6-11H2,1-5H3,(H,18,19);1H. The molecular formula is C17H33IN4O2. The summed E-state index contributed by atoms with van der Waals surface area (Å²) in [5.74, 6) is 1.84. The fraction of sp³-hybridized carbons (Fsp3) is 0.882. The van der Waals surface area contributed by atoms with Crippen LogP contribution in [0, 0.1) is 17.8 Å². The molecule has 1 aliphatic heterocycles. The molecule has 0 bridgehead atoms. The van der Waals surface area contributed by atoms with Gasteiger partial charge in [0.05, 0.1) is 19.6 Å². The van der Waals surface area contributed by atoms with Gasteiger partial charge >= 0.3 is 5.97 Å². The van der Waals surface area contributed by atoms with E-state index < -0.39 is 0 Å². The minimum Gasteiger partial charge on any atom is -0.469 e. The van der Waals surface area contributed by atoms with E-state index in [0.29, 0.717) is 18.5 Å². The van der Waals surface area contributed by atoms with Gasteiger partial charge in [-0.2, -0.15) is 0 Å². The van der Waals surface area contributed by atoms with Crippen LogP contribution in [0.25, 0.3) is 0 Å². The van der Waals surface area contributed by atoms with Crippen molar-refractivity contribution < 1.29 is 9.53 Å². The van der Waals surface area contributed by atoms with Gasteiger partial charge in [0, 0.05) is 25.7 Å². The first-order valence-electron chi connectivity index (χ1n) is 8.75. The first-order valence-corrected chi connectivity index (χ1v) is 8.75. The average Bonchev–Trinajstić information content (AvgIpc) is 3.27. The maximum atomic E-state index is 11.9. The van der Waals surface area contributed by atoms with Crippen LogP contribution in [0.5, 0.6) is 0 Å². The van der Waals surface area contributed by atoms with Crippen molar-refractivity contribution in [3.63, 3.8) is 0 Å². The van der Waals surface area contributed by atoms with E-state index in [2.05, 4.69) is 43.1 Å². The van der Waals surface area contributed by atoms with E-state index in [-0.39, 0.29) is 35.9 Å². The minimum absolute atomic E-state index is 0. The fourth-order valence-corrected chi connectivity index (χ4v) is 3.42. The highest BCUT2D eigenvalue weighted by molar-refractivity contribution is 14.0. The SMILES string of the molecule is CCNC(=NCC(C1CC1)N(C)C)N1CC(C)C(C(=O)OC)C1.I. The van der Waals surface area contributed by atoms with Crippen LogP contribution in [-0.4, -0.2) is 75.2 Å². The molecule has 7 heteroatoms. The molecule has 1 N–H and O–H groups in total. The van der Waals surface area contributed by atoms with Gasteiger partial charge in [-0.25, -0.2) is 0 Å². The predicted octanol–water partition coefficient (Wildman–Crippen LogP) is 1.65. The second kappa shape index (κ2) is 9.79. The lowest BCUT2D eigenvalue weighted by atomic mass is 9.99. The predicted molar refractivity (Wildman–Crippen MR) is 108 cm³/mol. The molecule has 0 aromatic heterocycles. The van der Waals surface area contributed by atoms with Crippen LogP contribution >= 0.6 is 24.0 Å². The molecule has 3 unspecified atom stereocenters. The summed E-state index contributed by atoms with van der Waals surface area (Å²) in [5, 5.41) is 3.38.